The summed E-state index contributed by atoms with van der Waals surface area (Å²) < 4.78 is 0. The summed E-state index contributed by atoms with van der Waals surface area (Å²) in [5.74, 6) is -0.149. The average Bonchev–Trinajstić information content (AvgIpc) is 1.87. The van der Waals surface area contributed by atoms with Crippen LogP contribution in [-0.4, -0.2) is 24.7 Å². The molecule has 2 N–H and O–H groups in total. The van der Waals surface area contributed by atoms with Gasteiger partial charge < -0.3 is 10.4 Å². The SMILES string of the molecule is CNC(=O)C(C)=CCO. The molecule has 0 aromatic rings. The number of likely N-dealkylation sites (N-methyl/N-ethyl adjacent to an activating group) is 1. The molecule has 0 fully saturated rings. The monoisotopic (exact) mass is 129 g/mol. The third kappa shape index (κ3) is 2.87. The lowest BCUT2D eigenvalue weighted by Gasteiger charge is -1.95. The second-order valence-corrected chi connectivity index (χ2v) is 1.65. The van der Waals surface area contributed by atoms with Crippen LogP contribution in [0.15, 0.2) is 11.6 Å². The molecule has 0 atom stereocenters. The third-order valence-corrected chi connectivity index (χ3v) is 0.983. The van der Waals surface area contributed by atoms with Crippen molar-refractivity contribution in [3.63, 3.8) is 0 Å². The van der Waals surface area contributed by atoms with Crippen molar-refractivity contribution >= 4 is 5.91 Å². The van der Waals surface area contributed by atoms with Gasteiger partial charge in [0.1, 0.15) is 0 Å². The van der Waals surface area contributed by atoms with Crippen LogP contribution in [-0.2, 0) is 4.79 Å². The van der Waals surface area contributed by atoms with Crippen LogP contribution in [0.2, 0.25) is 0 Å². The van der Waals surface area contributed by atoms with Crippen LogP contribution in [0.25, 0.3) is 0 Å². The van der Waals surface area contributed by atoms with Gasteiger partial charge in [0.25, 0.3) is 0 Å². The minimum Gasteiger partial charge on any atom is -0.392 e. The van der Waals surface area contributed by atoms with Crippen molar-refractivity contribution in [2.75, 3.05) is 13.7 Å². The lowest BCUT2D eigenvalue weighted by atomic mass is 10.3. The van der Waals surface area contributed by atoms with Gasteiger partial charge in [-0.1, -0.05) is 6.08 Å². The van der Waals surface area contributed by atoms with Gasteiger partial charge >= 0.3 is 0 Å². The van der Waals surface area contributed by atoms with Crippen molar-refractivity contribution in [1.82, 2.24) is 5.32 Å². The molecule has 0 saturated heterocycles. The third-order valence-electron chi connectivity index (χ3n) is 0.983. The van der Waals surface area contributed by atoms with E-state index in [-0.39, 0.29) is 12.5 Å². The van der Waals surface area contributed by atoms with Gasteiger partial charge in [0.15, 0.2) is 0 Å². The van der Waals surface area contributed by atoms with E-state index in [2.05, 4.69) is 5.32 Å². The van der Waals surface area contributed by atoms with E-state index in [1.165, 1.54) is 6.08 Å². The molecule has 0 bridgehead atoms. The summed E-state index contributed by atoms with van der Waals surface area (Å²) in [5, 5.41) is 10.8. The maximum atomic E-state index is 10.6. The lowest BCUT2D eigenvalue weighted by Crippen LogP contribution is -2.18. The van der Waals surface area contributed by atoms with E-state index in [1.807, 2.05) is 0 Å². The molecule has 1 amide bonds. The first-order valence-electron chi connectivity index (χ1n) is 2.72. The van der Waals surface area contributed by atoms with Crippen LogP contribution in [0, 0.1) is 0 Å². The van der Waals surface area contributed by atoms with Crippen molar-refractivity contribution in [3.05, 3.63) is 11.6 Å². The highest BCUT2D eigenvalue weighted by molar-refractivity contribution is 5.92. The highest BCUT2D eigenvalue weighted by atomic mass is 16.2. The van der Waals surface area contributed by atoms with E-state index in [0.29, 0.717) is 5.57 Å². The fourth-order valence-corrected chi connectivity index (χ4v) is 0.427. The molecule has 0 saturated carbocycles. The van der Waals surface area contributed by atoms with E-state index in [9.17, 15) is 4.79 Å². The van der Waals surface area contributed by atoms with Crippen LogP contribution in [0.1, 0.15) is 6.92 Å². The first kappa shape index (κ1) is 8.17. The largest absolute Gasteiger partial charge is 0.392 e. The standard InChI is InChI=1S/C6H11NO2/c1-5(3-4-8)6(9)7-2/h3,8H,4H2,1-2H3,(H,7,9). The normalized spacial score (nSPS) is 11.2. The summed E-state index contributed by atoms with van der Waals surface area (Å²) in [6, 6.07) is 0. The highest BCUT2D eigenvalue weighted by Crippen LogP contribution is 1.88. The zero-order valence-electron chi connectivity index (χ0n) is 5.64. The number of carbonyl (C=O) groups excluding carboxylic acids is 1. The van der Waals surface area contributed by atoms with Gasteiger partial charge in [0, 0.05) is 12.6 Å². The lowest BCUT2D eigenvalue weighted by molar-refractivity contribution is -0.117. The minimum atomic E-state index is -0.149. The molecule has 0 heterocycles. The molecule has 0 unspecified atom stereocenters. The molecule has 0 aliphatic rings. The smallest absolute Gasteiger partial charge is 0.246 e. The number of amides is 1. The maximum absolute atomic E-state index is 10.6. The molecule has 0 aliphatic heterocycles. The fourth-order valence-electron chi connectivity index (χ4n) is 0.427. The molecule has 0 aromatic heterocycles. The number of carbonyl (C=O) groups is 1. The number of aliphatic hydroxyl groups excluding tert-OH is 1. The molecule has 3 heteroatoms. The Labute approximate surface area is 54.4 Å². The zero-order valence-corrected chi connectivity index (χ0v) is 5.64. The molecule has 0 spiro atoms. The summed E-state index contributed by atoms with van der Waals surface area (Å²) in [6.45, 7) is 1.56. The van der Waals surface area contributed by atoms with Crippen LogP contribution < -0.4 is 5.32 Å². The molecule has 0 aliphatic carbocycles. The molecule has 9 heavy (non-hydrogen) atoms. The van der Waals surface area contributed by atoms with Crippen molar-refractivity contribution in [2.24, 2.45) is 0 Å². The Morgan fingerprint density at radius 3 is 2.67 bits per heavy atom. The quantitative estimate of drug-likeness (QED) is 0.501. The van der Waals surface area contributed by atoms with E-state index < -0.39 is 0 Å². The van der Waals surface area contributed by atoms with Gasteiger partial charge in [-0.3, -0.25) is 4.79 Å². The Morgan fingerprint density at radius 2 is 2.33 bits per heavy atom. The van der Waals surface area contributed by atoms with Crippen molar-refractivity contribution in [3.8, 4) is 0 Å². The van der Waals surface area contributed by atoms with Gasteiger partial charge in [-0.25, -0.2) is 0 Å². The Morgan fingerprint density at radius 1 is 1.78 bits per heavy atom. The van der Waals surface area contributed by atoms with E-state index in [0.717, 1.165) is 0 Å². The molecule has 3 nitrogen and oxygen atoms in total. The number of hydrogen-bond acceptors (Lipinski definition) is 2. The first-order chi connectivity index (χ1) is 4.22. The Bertz CT molecular complexity index is 129. The van der Waals surface area contributed by atoms with Gasteiger partial charge in [0.2, 0.25) is 5.91 Å². The highest BCUT2D eigenvalue weighted by Gasteiger charge is 1.96. The number of rotatable bonds is 2. The molecule has 0 aromatic carbocycles. The number of aliphatic hydroxyl groups is 1. The zero-order chi connectivity index (χ0) is 7.28. The molecule has 0 rings (SSSR count). The fraction of sp³-hybridized carbons (Fsp3) is 0.500. The van der Waals surface area contributed by atoms with Crippen molar-refractivity contribution in [2.45, 2.75) is 6.92 Å². The molecule has 0 radical (unpaired) electrons. The second kappa shape index (κ2) is 4.09. The summed E-state index contributed by atoms with van der Waals surface area (Å²) in [5.41, 5.74) is 0.542. The number of nitrogens with one attached hydrogen (secondary N) is 1. The van der Waals surface area contributed by atoms with Crippen LogP contribution in [0.4, 0.5) is 0 Å². The Balaban J connectivity index is 3.86. The number of hydrogen-bond donors (Lipinski definition) is 2. The minimum absolute atomic E-state index is 0.0841. The predicted molar refractivity (Wildman–Crippen MR) is 34.9 cm³/mol. The first-order valence-corrected chi connectivity index (χ1v) is 2.72. The van der Waals surface area contributed by atoms with Gasteiger partial charge in [-0.2, -0.15) is 0 Å². The Hall–Kier alpha value is -0.830. The summed E-state index contributed by atoms with van der Waals surface area (Å²) in [7, 11) is 1.55. The van der Waals surface area contributed by atoms with E-state index in [1.54, 1.807) is 14.0 Å². The van der Waals surface area contributed by atoms with Crippen LogP contribution >= 0.6 is 0 Å². The van der Waals surface area contributed by atoms with Crippen LogP contribution in [0.5, 0.6) is 0 Å². The average molecular weight is 129 g/mol. The molecular weight excluding hydrogens is 118 g/mol. The second-order valence-electron chi connectivity index (χ2n) is 1.65. The van der Waals surface area contributed by atoms with Crippen molar-refractivity contribution in [1.29, 1.82) is 0 Å². The summed E-state index contributed by atoms with van der Waals surface area (Å²) >= 11 is 0. The van der Waals surface area contributed by atoms with E-state index >= 15 is 0 Å². The summed E-state index contributed by atoms with van der Waals surface area (Å²) in [6.07, 6.45) is 1.46. The van der Waals surface area contributed by atoms with Crippen LogP contribution in [0.3, 0.4) is 0 Å². The van der Waals surface area contributed by atoms with E-state index in [4.69, 9.17) is 5.11 Å². The predicted octanol–water partition coefficient (Wildman–Crippen LogP) is -0.329. The molecule has 52 valence electrons. The Kier molecular flexibility index (Phi) is 3.71. The topological polar surface area (TPSA) is 49.3 Å². The van der Waals surface area contributed by atoms with Crippen molar-refractivity contribution < 1.29 is 9.90 Å². The summed E-state index contributed by atoms with van der Waals surface area (Å²) in [4.78, 5) is 10.6. The molecular formula is C6H11NO2. The van der Waals surface area contributed by atoms with Gasteiger partial charge in [-0.05, 0) is 6.92 Å². The maximum Gasteiger partial charge on any atom is 0.246 e. The van der Waals surface area contributed by atoms with Gasteiger partial charge in [0.05, 0.1) is 6.61 Å². The van der Waals surface area contributed by atoms with Gasteiger partial charge in [-0.15, -0.1) is 0 Å².